The van der Waals surface area contributed by atoms with Crippen molar-refractivity contribution in [2.75, 3.05) is 30.8 Å². The summed E-state index contributed by atoms with van der Waals surface area (Å²) in [6.07, 6.45) is 0. The lowest BCUT2D eigenvalue weighted by Gasteiger charge is -2.18. The Balaban J connectivity index is 1.90. The van der Waals surface area contributed by atoms with Gasteiger partial charge in [0.2, 0.25) is 0 Å². The highest BCUT2D eigenvalue weighted by Crippen LogP contribution is 2.27. The minimum atomic E-state index is -0.108. The van der Waals surface area contributed by atoms with Crippen molar-refractivity contribution in [1.82, 2.24) is 0 Å². The fourth-order valence-electron chi connectivity index (χ4n) is 2.98. The number of aryl methyl sites for hydroxylation is 2. The summed E-state index contributed by atoms with van der Waals surface area (Å²) in [4.78, 5) is 25.5. The van der Waals surface area contributed by atoms with Gasteiger partial charge in [0, 0.05) is 11.4 Å². The quantitative estimate of drug-likeness (QED) is 0.703. The van der Waals surface area contributed by atoms with Gasteiger partial charge in [0.25, 0.3) is 11.8 Å². The Morgan fingerprint density at radius 2 is 1.52 bits per heavy atom. The monoisotopic (exact) mass is 368 g/mol. The van der Waals surface area contributed by atoms with Crippen molar-refractivity contribution in [1.29, 1.82) is 0 Å². The zero-order chi connectivity index (χ0) is 20.0. The summed E-state index contributed by atoms with van der Waals surface area (Å²) in [7, 11) is 1.84. The number of rotatable bonds is 7. The third-order valence-corrected chi connectivity index (χ3v) is 4.45. The van der Waals surface area contributed by atoms with E-state index in [1.165, 1.54) is 0 Å². The third-order valence-electron chi connectivity index (χ3n) is 4.45. The van der Waals surface area contributed by atoms with Crippen LogP contribution >= 0.6 is 0 Å². The van der Waals surface area contributed by atoms with E-state index in [0.717, 1.165) is 33.0 Å². The van der Waals surface area contributed by atoms with E-state index >= 15 is 0 Å². The Kier molecular flexibility index (Phi) is 7.13. The number of quaternary nitrogens is 1. The highest BCUT2D eigenvalue weighted by molar-refractivity contribution is 5.94. The summed E-state index contributed by atoms with van der Waals surface area (Å²) in [5.74, 6) is 0.125. The molecule has 0 saturated carbocycles. The van der Waals surface area contributed by atoms with Crippen LogP contribution in [0.2, 0.25) is 0 Å². The molecule has 2 aromatic carbocycles. The molecule has 2 rings (SSSR count). The molecule has 144 valence electrons. The topological polar surface area (TPSA) is 62.6 Å². The van der Waals surface area contributed by atoms with Crippen LogP contribution in [0, 0.1) is 13.8 Å². The first-order chi connectivity index (χ1) is 12.8. The summed E-state index contributed by atoms with van der Waals surface area (Å²) in [6.45, 7) is 8.67. The fourth-order valence-corrected chi connectivity index (χ4v) is 2.98. The molecule has 0 heterocycles. The van der Waals surface area contributed by atoms with Crippen molar-refractivity contribution >= 4 is 23.2 Å². The SMILES string of the molecule is Cc1ccc(NC(=O)C[NH+](C)CC(=O)Nc2c(C)cccc2C(C)C)cc1. The van der Waals surface area contributed by atoms with E-state index < -0.39 is 0 Å². The van der Waals surface area contributed by atoms with Crippen LogP contribution in [0.3, 0.4) is 0 Å². The average molecular weight is 369 g/mol. The fraction of sp³-hybridized carbons (Fsp3) is 0.364. The van der Waals surface area contributed by atoms with Gasteiger partial charge in [-0.15, -0.1) is 0 Å². The maximum Gasteiger partial charge on any atom is 0.279 e. The summed E-state index contributed by atoms with van der Waals surface area (Å²) in [5.41, 5.74) is 4.96. The maximum absolute atomic E-state index is 12.5. The molecule has 0 radical (unpaired) electrons. The number of hydrogen-bond acceptors (Lipinski definition) is 2. The number of para-hydroxylation sites is 1. The highest BCUT2D eigenvalue weighted by Gasteiger charge is 2.17. The number of amides is 2. The lowest BCUT2D eigenvalue weighted by atomic mass is 9.98. The number of benzene rings is 2. The Bertz CT molecular complexity index is 798. The van der Waals surface area contributed by atoms with Gasteiger partial charge in [-0.3, -0.25) is 9.59 Å². The van der Waals surface area contributed by atoms with E-state index in [4.69, 9.17) is 0 Å². The number of likely N-dealkylation sites (N-methyl/N-ethyl adjacent to an activating group) is 1. The van der Waals surface area contributed by atoms with Gasteiger partial charge in [0.1, 0.15) is 0 Å². The number of carbonyl (C=O) groups is 2. The molecule has 0 saturated heterocycles. The van der Waals surface area contributed by atoms with Gasteiger partial charge in [-0.2, -0.15) is 0 Å². The number of anilines is 2. The van der Waals surface area contributed by atoms with E-state index in [1.807, 2.05) is 63.4 Å². The molecule has 3 N–H and O–H groups in total. The van der Waals surface area contributed by atoms with Gasteiger partial charge < -0.3 is 15.5 Å². The first-order valence-corrected chi connectivity index (χ1v) is 9.33. The maximum atomic E-state index is 12.5. The summed E-state index contributed by atoms with van der Waals surface area (Å²) in [5, 5.41) is 5.89. The molecular weight excluding hydrogens is 338 g/mol. The molecule has 1 atom stereocenters. The molecule has 2 aromatic rings. The van der Waals surface area contributed by atoms with Crippen LogP contribution in [-0.4, -0.2) is 32.0 Å². The van der Waals surface area contributed by atoms with Crippen molar-refractivity contribution in [3.8, 4) is 0 Å². The third kappa shape index (κ3) is 6.22. The molecule has 0 aliphatic rings. The van der Waals surface area contributed by atoms with Crippen LogP contribution in [0.5, 0.6) is 0 Å². The second-order valence-electron chi connectivity index (χ2n) is 7.47. The molecule has 5 heteroatoms. The van der Waals surface area contributed by atoms with Crippen LogP contribution in [0.4, 0.5) is 11.4 Å². The van der Waals surface area contributed by atoms with Crippen molar-refractivity contribution in [3.63, 3.8) is 0 Å². The molecular formula is C22H30N3O2+. The van der Waals surface area contributed by atoms with E-state index in [9.17, 15) is 9.59 Å². The molecule has 0 aliphatic heterocycles. The van der Waals surface area contributed by atoms with Crippen LogP contribution in [0.1, 0.15) is 36.5 Å². The zero-order valence-corrected chi connectivity index (χ0v) is 16.8. The lowest BCUT2D eigenvalue weighted by molar-refractivity contribution is -0.862. The number of nitrogens with one attached hydrogen (secondary N) is 3. The van der Waals surface area contributed by atoms with E-state index in [0.29, 0.717) is 5.92 Å². The first kappa shape index (κ1) is 20.6. The Labute approximate surface area is 161 Å². The minimum absolute atomic E-state index is 0.0909. The Morgan fingerprint density at radius 1 is 0.926 bits per heavy atom. The van der Waals surface area contributed by atoms with Gasteiger partial charge in [0.05, 0.1) is 7.05 Å². The van der Waals surface area contributed by atoms with Crippen molar-refractivity contribution in [2.24, 2.45) is 0 Å². The summed E-state index contributed by atoms with van der Waals surface area (Å²) < 4.78 is 0. The van der Waals surface area contributed by atoms with Crippen LogP contribution in [0.15, 0.2) is 42.5 Å². The summed E-state index contributed by atoms with van der Waals surface area (Å²) in [6, 6.07) is 13.7. The number of carbonyl (C=O) groups excluding carboxylic acids is 2. The van der Waals surface area contributed by atoms with Gasteiger partial charge in [-0.05, 0) is 43.0 Å². The molecule has 2 amide bonds. The van der Waals surface area contributed by atoms with Gasteiger partial charge in [-0.1, -0.05) is 49.7 Å². The van der Waals surface area contributed by atoms with Gasteiger partial charge >= 0.3 is 0 Å². The second-order valence-corrected chi connectivity index (χ2v) is 7.47. The predicted molar refractivity (Wildman–Crippen MR) is 110 cm³/mol. The Morgan fingerprint density at radius 3 is 2.11 bits per heavy atom. The average Bonchev–Trinajstić information content (AvgIpc) is 2.58. The minimum Gasteiger partial charge on any atom is -0.322 e. The standard InChI is InChI=1S/C22H29N3O2/c1-15(2)19-8-6-7-17(4)22(19)24-21(27)14-25(5)13-20(26)23-18-11-9-16(3)10-12-18/h6-12,15H,13-14H2,1-5H3,(H,23,26)(H,24,27)/p+1. The largest absolute Gasteiger partial charge is 0.322 e. The molecule has 1 unspecified atom stereocenters. The molecule has 5 nitrogen and oxygen atoms in total. The van der Waals surface area contributed by atoms with E-state index in [1.54, 1.807) is 0 Å². The molecule has 0 fully saturated rings. The zero-order valence-electron chi connectivity index (χ0n) is 16.8. The van der Waals surface area contributed by atoms with E-state index in [-0.39, 0.29) is 24.9 Å². The molecule has 0 aromatic heterocycles. The van der Waals surface area contributed by atoms with Crippen molar-refractivity contribution in [2.45, 2.75) is 33.6 Å². The predicted octanol–water partition coefficient (Wildman–Crippen LogP) is 2.52. The Hall–Kier alpha value is -2.66. The highest BCUT2D eigenvalue weighted by atomic mass is 16.2. The van der Waals surface area contributed by atoms with E-state index in [2.05, 4.69) is 24.5 Å². The van der Waals surface area contributed by atoms with Gasteiger partial charge in [-0.25, -0.2) is 0 Å². The number of hydrogen-bond donors (Lipinski definition) is 3. The normalized spacial score (nSPS) is 11.9. The van der Waals surface area contributed by atoms with Crippen LogP contribution in [0.25, 0.3) is 0 Å². The molecule has 0 aliphatic carbocycles. The van der Waals surface area contributed by atoms with Crippen LogP contribution < -0.4 is 15.5 Å². The van der Waals surface area contributed by atoms with Crippen molar-refractivity contribution < 1.29 is 14.5 Å². The smallest absolute Gasteiger partial charge is 0.279 e. The molecule has 0 spiro atoms. The molecule has 0 bridgehead atoms. The summed E-state index contributed by atoms with van der Waals surface area (Å²) >= 11 is 0. The first-order valence-electron chi connectivity index (χ1n) is 9.33. The lowest BCUT2D eigenvalue weighted by Crippen LogP contribution is -3.11. The molecule has 27 heavy (non-hydrogen) atoms. The second kappa shape index (κ2) is 9.33. The van der Waals surface area contributed by atoms with Crippen LogP contribution in [-0.2, 0) is 9.59 Å². The van der Waals surface area contributed by atoms with Gasteiger partial charge in [0.15, 0.2) is 13.1 Å². The van der Waals surface area contributed by atoms with Crippen molar-refractivity contribution in [3.05, 3.63) is 59.2 Å².